The molecule has 4 heteroatoms. The predicted octanol–water partition coefficient (Wildman–Crippen LogP) is 2.88. The first kappa shape index (κ1) is 17.0. The molecule has 2 fully saturated rings. The number of likely N-dealkylation sites (tertiary alicyclic amines) is 2. The van der Waals surface area contributed by atoms with Gasteiger partial charge in [-0.1, -0.05) is 18.2 Å². The van der Waals surface area contributed by atoms with E-state index >= 15 is 0 Å². The van der Waals surface area contributed by atoms with Crippen LogP contribution in [0.15, 0.2) is 36.9 Å². The molecule has 2 heterocycles. The highest BCUT2D eigenvalue weighted by molar-refractivity contribution is 5.79. The van der Waals surface area contributed by atoms with Crippen molar-refractivity contribution in [1.82, 2.24) is 9.80 Å². The summed E-state index contributed by atoms with van der Waals surface area (Å²) in [4.78, 5) is 17.2. The Labute approximate surface area is 145 Å². The maximum absolute atomic E-state index is 12.6. The first-order chi connectivity index (χ1) is 11.7. The summed E-state index contributed by atoms with van der Waals surface area (Å²) in [5.41, 5.74) is 1.36. The lowest BCUT2D eigenvalue weighted by Crippen LogP contribution is -2.53. The molecule has 2 saturated heterocycles. The molecule has 0 bridgehead atoms. The van der Waals surface area contributed by atoms with Crippen LogP contribution in [0.2, 0.25) is 0 Å². The Morgan fingerprint density at radius 2 is 1.92 bits per heavy atom. The normalized spacial score (nSPS) is 20.3. The van der Waals surface area contributed by atoms with Crippen LogP contribution in [-0.4, -0.2) is 54.5 Å². The molecular formula is C20H28N2O2. The van der Waals surface area contributed by atoms with Crippen molar-refractivity contribution in [2.45, 2.75) is 37.6 Å². The predicted molar refractivity (Wildman–Crippen MR) is 96.2 cm³/mol. The summed E-state index contributed by atoms with van der Waals surface area (Å²) in [5, 5.41) is 0. The number of amides is 1. The van der Waals surface area contributed by atoms with Gasteiger partial charge >= 0.3 is 0 Å². The van der Waals surface area contributed by atoms with Crippen molar-refractivity contribution in [3.05, 3.63) is 42.5 Å². The first-order valence-electron chi connectivity index (χ1n) is 8.93. The van der Waals surface area contributed by atoms with Gasteiger partial charge in [0.15, 0.2) is 0 Å². The van der Waals surface area contributed by atoms with Crippen LogP contribution in [0.25, 0.3) is 0 Å². The highest BCUT2D eigenvalue weighted by Crippen LogP contribution is 2.38. The number of hydrogen-bond donors (Lipinski definition) is 0. The van der Waals surface area contributed by atoms with Crippen molar-refractivity contribution in [1.29, 1.82) is 0 Å². The molecule has 2 aliphatic rings. The molecule has 3 rings (SSSR count). The van der Waals surface area contributed by atoms with E-state index in [2.05, 4.69) is 11.5 Å². The Morgan fingerprint density at radius 1 is 1.21 bits per heavy atom. The second-order valence-electron chi connectivity index (χ2n) is 6.97. The molecule has 4 nitrogen and oxygen atoms in total. The maximum Gasteiger partial charge on any atom is 0.226 e. The number of hydrogen-bond acceptors (Lipinski definition) is 3. The molecule has 0 radical (unpaired) electrons. The van der Waals surface area contributed by atoms with Gasteiger partial charge in [-0.05, 0) is 49.9 Å². The molecule has 1 amide bonds. The Hall–Kier alpha value is -1.81. The quantitative estimate of drug-likeness (QED) is 0.779. The molecule has 130 valence electrons. The van der Waals surface area contributed by atoms with Gasteiger partial charge in [0.2, 0.25) is 5.91 Å². The number of benzene rings is 1. The Morgan fingerprint density at radius 3 is 2.54 bits per heavy atom. The second kappa shape index (κ2) is 7.39. The van der Waals surface area contributed by atoms with Gasteiger partial charge in [-0.15, -0.1) is 6.58 Å². The third-order valence-corrected chi connectivity index (χ3v) is 5.65. The van der Waals surface area contributed by atoms with Crippen LogP contribution >= 0.6 is 0 Å². The number of nitrogens with zero attached hydrogens (tertiary/aromatic N) is 2. The van der Waals surface area contributed by atoms with Gasteiger partial charge in [-0.2, -0.15) is 0 Å². The monoisotopic (exact) mass is 328 g/mol. The molecule has 0 saturated carbocycles. The summed E-state index contributed by atoms with van der Waals surface area (Å²) in [5.74, 6) is 1.07. The van der Waals surface area contributed by atoms with E-state index in [1.807, 2.05) is 35.2 Å². The fraction of sp³-hybridized carbons (Fsp3) is 0.550. The molecule has 1 aromatic carbocycles. The fourth-order valence-electron chi connectivity index (χ4n) is 4.20. The molecule has 0 aliphatic carbocycles. The summed E-state index contributed by atoms with van der Waals surface area (Å²) in [6.07, 6.45) is 7.21. The topological polar surface area (TPSA) is 32.8 Å². The minimum Gasteiger partial charge on any atom is -0.497 e. The van der Waals surface area contributed by atoms with Gasteiger partial charge in [0, 0.05) is 25.2 Å². The van der Waals surface area contributed by atoms with E-state index in [9.17, 15) is 4.79 Å². The zero-order valence-electron chi connectivity index (χ0n) is 14.7. The summed E-state index contributed by atoms with van der Waals surface area (Å²) in [7, 11) is 1.66. The van der Waals surface area contributed by atoms with Crippen molar-refractivity contribution >= 4 is 5.91 Å². The van der Waals surface area contributed by atoms with E-state index in [-0.39, 0.29) is 5.91 Å². The molecule has 1 aromatic rings. The first-order valence-corrected chi connectivity index (χ1v) is 8.93. The molecule has 1 spiro atoms. The summed E-state index contributed by atoms with van der Waals surface area (Å²) < 4.78 is 5.17. The molecule has 24 heavy (non-hydrogen) atoms. The van der Waals surface area contributed by atoms with Crippen LogP contribution in [0.5, 0.6) is 5.75 Å². The maximum atomic E-state index is 12.6. The molecular weight excluding hydrogens is 300 g/mol. The SMILES string of the molecule is C=CCN1CCCC12CCN(C(=O)Cc1ccc(OC)cc1)CC2. The molecule has 0 aromatic heterocycles. The van der Waals surface area contributed by atoms with Crippen LogP contribution in [0.1, 0.15) is 31.2 Å². The van der Waals surface area contributed by atoms with Gasteiger partial charge in [0.25, 0.3) is 0 Å². The standard InChI is InChI=1S/C20H28N2O2/c1-3-12-22-13-4-9-20(22)10-14-21(15-11-20)19(23)16-17-5-7-18(24-2)8-6-17/h3,5-8H,1,4,9-16H2,2H3. The van der Waals surface area contributed by atoms with Gasteiger partial charge < -0.3 is 9.64 Å². The van der Waals surface area contributed by atoms with Crippen molar-refractivity contribution in [2.24, 2.45) is 0 Å². The summed E-state index contributed by atoms with van der Waals surface area (Å²) >= 11 is 0. The number of carbonyl (C=O) groups excluding carboxylic acids is 1. The summed E-state index contributed by atoms with van der Waals surface area (Å²) in [6, 6.07) is 7.79. The minimum atomic E-state index is 0.239. The third kappa shape index (κ3) is 3.48. The Balaban J connectivity index is 1.55. The number of methoxy groups -OCH3 is 1. The zero-order valence-corrected chi connectivity index (χ0v) is 14.7. The fourth-order valence-corrected chi connectivity index (χ4v) is 4.20. The molecule has 2 aliphatic heterocycles. The van der Waals surface area contributed by atoms with Crippen LogP contribution < -0.4 is 4.74 Å². The lowest BCUT2D eigenvalue weighted by Gasteiger charge is -2.45. The highest BCUT2D eigenvalue weighted by atomic mass is 16.5. The Kier molecular flexibility index (Phi) is 5.24. The average molecular weight is 328 g/mol. The van der Waals surface area contributed by atoms with E-state index in [1.54, 1.807) is 7.11 Å². The minimum absolute atomic E-state index is 0.239. The van der Waals surface area contributed by atoms with Crippen LogP contribution in [-0.2, 0) is 11.2 Å². The third-order valence-electron chi connectivity index (χ3n) is 5.65. The highest BCUT2D eigenvalue weighted by Gasteiger charge is 2.42. The lowest BCUT2D eigenvalue weighted by molar-refractivity contribution is -0.132. The second-order valence-corrected chi connectivity index (χ2v) is 6.97. The zero-order chi connectivity index (χ0) is 17.0. The van der Waals surface area contributed by atoms with Crippen molar-refractivity contribution in [3.8, 4) is 5.75 Å². The van der Waals surface area contributed by atoms with Crippen LogP contribution in [0, 0.1) is 0 Å². The molecule has 0 atom stereocenters. The van der Waals surface area contributed by atoms with Crippen LogP contribution in [0.3, 0.4) is 0 Å². The largest absolute Gasteiger partial charge is 0.497 e. The van der Waals surface area contributed by atoms with E-state index < -0.39 is 0 Å². The van der Waals surface area contributed by atoms with E-state index in [0.29, 0.717) is 12.0 Å². The number of piperidine rings is 1. The van der Waals surface area contributed by atoms with Crippen molar-refractivity contribution in [2.75, 3.05) is 33.3 Å². The van der Waals surface area contributed by atoms with Gasteiger partial charge in [0.1, 0.15) is 5.75 Å². The van der Waals surface area contributed by atoms with E-state index in [0.717, 1.165) is 43.8 Å². The smallest absolute Gasteiger partial charge is 0.226 e. The van der Waals surface area contributed by atoms with E-state index in [1.165, 1.54) is 19.4 Å². The molecule has 0 N–H and O–H groups in total. The van der Waals surface area contributed by atoms with Gasteiger partial charge in [0.05, 0.1) is 13.5 Å². The van der Waals surface area contributed by atoms with Gasteiger partial charge in [-0.25, -0.2) is 0 Å². The Bertz CT molecular complexity index is 574. The lowest BCUT2D eigenvalue weighted by atomic mass is 9.84. The van der Waals surface area contributed by atoms with Crippen LogP contribution in [0.4, 0.5) is 0 Å². The van der Waals surface area contributed by atoms with E-state index in [4.69, 9.17) is 4.74 Å². The van der Waals surface area contributed by atoms with Gasteiger partial charge in [-0.3, -0.25) is 9.69 Å². The number of carbonyl (C=O) groups is 1. The molecule has 0 unspecified atom stereocenters. The summed E-state index contributed by atoms with van der Waals surface area (Å²) in [6.45, 7) is 7.79. The average Bonchev–Trinajstić information content (AvgIpc) is 2.98. The van der Waals surface area contributed by atoms with Crippen molar-refractivity contribution < 1.29 is 9.53 Å². The van der Waals surface area contributed by atoms with Crippen molar-refractivity contribution in [3.63, 3.8) is 0 Å². The number of rotatable bonds is 5. The number of ether oxygens (including phenoxy) is 1.